The van der Waals surface area contributed by atoms with Crippen molar-refractivity contribution in [1.29, 1.82) is 0 Å². The third-order valence-corrected chi connectivity index (χ3v) is 14.3. The van der Waals surface area contributed by atoms with Crippen molar-refractivity contribution in [3.8, 4) is 33.6 Å². The van der Waals surface area contributed by atoms with Crippen LogP contribution in [0.25, 0.3) is 53.8 Å². The van der Waals surface area contributed by atoms with Crippen LogP contribution in [-0.4, -0.2) is 18.0 Å². The summed E-state index contributed by atoms with van der Waals surface area (Å²) >= 11 is 1.74. The molecule has 3 heterocycles. The van der Waals surface area contributed by atoms with Gasteiger partial charge in [0.2, 0.25) is 0 Å². The average Bonchev–Trinajstić information content (AvgIpc) is 3.84. The van der Waals surface area contributed by atoms with E-state index in [1.807, 2.05) is 48.7 Å². The van der Waals surface area contributed by atoms with E-state index in [4.69, 9.17) is 4.98 Å². The maximum absolute atomic E-state index is 14.4. The molecular formula is C48H49FIrN2SSi-2. The summed E-state index contributed by atoms with van der Waals surface area (Å²) in [4.78, 5) is 9.43. The first-order chi connectivity index (χ1) is 25.4. The maximum atomic E-state index is 14.4. The molecule has 0 saturated heterocycles. The summed E-state index contributed by atoms with van der Waals surface area (Å²) in [6.07, 6.45) is 9.36. The number of halogens is 1. The summed E-state index contributed by atoms with van der Waals surface area (Å²) in [5, 5.41) is 3.87. The van der Waals surface area contributed by atoms with Gasteiger partial charge >= 0.3 is 0 Å². The van der Waals surface area contributed by atoms with Crippen LogP contribution in [0.15, 0.2) is 109 Å². The summed E-state index contributed by atoms with van der Waals surface area (Å²) in [5.41, 5.74) is 8.62. The Labute approximate surface area is 339 Å². The van der Waals surface area contributed by atoms with Crippen molar-refractivity contribution in [1.82, 2.24) is 9.97 Å². The zero-order chi connectivity index (χ0) is 37.3. The van der Waals surface area contributed by atoms with Gasteiger partial charge in [-0.25, -0.2) is 4.39 Å². The second-order valence-electron chi connectivity index (χ2n) is 16.4. The van der Waals surface area contributed by atoms with Crippen LogP contribution in [0.1, 0.15) is 70.4 Å². The minimum atomic E-state index is -1.34. The van der Waals surface area contributed by atoms with Gasteiger partial charge in [0.1, 0.15) is 5.82 Å². The number of hydrogen-bond donors (Lipinski definition) is 0. The van der Waals surface area contributed by atoms with Gasteiger partial charge < -0.3 is 9.97 Å². The Hall–Kier alpha value is -3.80. The third kappa shape index (κ3) is 8.23. The molecule has 7 aromatic rings. The van der Waals surface area contributed by atoms with Crippen molar-refractivity contribution in [3.05, 3.63) is 139 Å². The first kappa shape index (κ1) is 39.9. The van der Waals surface area contributed by atoms with Crippen LogP contribution in [0.4, 0.5) is 4.39 Å². The van der Waals surface area contributed by atoms with E-state index in [1.165, 1.54) is 63.5 Å². The van der Waals surface area contributed by atoms with Crippen molar-refractivity contribution < 1.29 is 24.5 Å². The molecule has 0 unspecified atom stereocenters. The van der Waals surface area contributed by atoms with Gasteiger partial charge in [0.25, 0.3) is 0 Å². The fraction of sp³-hybridized carbons (Fsp3) is 0.292. The largest absolute Gasteiger partial charge is 0.305 e. The van der Waals surface area contributed by atoms with Crippen LogP contribution in [0.2, 0.25) is 19.6 Å². The molecule has 3 aromatic heterocycles. The molecule has 1 fully saturated rings. The number of aromatic nitrogens is 2. The van der Waals surface area contributed by atoms with Gasteiger partial charge in [-0.2, -0.15) is 11.3 Å². The Morgan fingerprint density at radius 2 is 1.57 bits per heavy atom. The minimum Gasteiger partial charge on any atom is -0.305 e. The van der Waals surface area contributed by atoms with Gasteiger partial charge in [0.05, 0.1) is 8.07 Å². The molecule has 8 rings (SSSR count). The molecule has 4 aromatic carbocycles. The van der Waals surface area contributed by atoms with Crippen molar-refractivity contribution in [2.24, 2.45) is 5.92 Å². The first-order valence-electron chi connectivity index (χ1n) is 19.0. The molecule has 54 heavy (non-hydrogen) atoms. The molecule has 2 nitrogen and oxygen atoms in total. The zero-order valence-corrected chi connectivity index (χ0v) is 36.6. The topological polar surface area (TPSA) is 25.8 Å². The van der Waals surface area contributed by atoms with Crippen LogP contribution in [0.3, 0.4) is 0 Å². The van der Waals surface area contributed by atoms with Gasteiger partial charge in [-0.1, -0.05) is 114 Å². The van der Waals surface area contributed by atoms with E-state index in [1.54, 1.807) is 17.4 Å². The van der Waals surface area contributed by atoms with E-state index in [2.05, 4.69) is 113 Å². The SMILES string of the molecule is CC(C)(c1ccnc(-c2[c-]ccc3c2sc2cc(-c4ccccc4F)ccc23)c1)C1CCCC1.CC(C)c1cc(-c2[c-]cccc2)ncc1[Si](C)(C)C.[Ir]. The molecule has 0 N–H and O–H groups in total. The second kappa shape index (κ2) is 16.5. The summed E-state index contributed by atoms with van der Waals surface area (Å²) in [6, 6.07) is 38.8. The van der Waals surface area contributed by atoms with Crippen LogP contribution < -0.4 is 5.19 Å². The molecule has 0 spiro atoms. The number of hydrogen-bond acceptors (Lipinski definition) is 3. The molecule has 1 aliphatic rings. The van der Waals surface area contributed by atoms with E-state index in [0.717, 1.165) is 38.7 Å². The minimum absolute atomic E-state index is 0. The second-order valence-corrected chi connectivity index (χ2v) is 22.4. The maximum Gasteiger partial charge on any atom is 0.131 e. The smallest absolute Gasteiger partial charge is 0.131 e. The van der Waals surface area contributed by atoms with Gasteiger partial charge in [-0.05, 0) is 86.1 Å². The average molecular weight is 925 g/mol. The fourth-order valence-electron chi connectivity index (χ4n) is 7.92. The molecule has 0 atom stereocenters. The van der Waals surface area contributed by atoms with E-state index < -0.39 is 8.07 Å². The van der Waals surface area contributed by atoms with E-state index in [0.29, 0.717) is 11.5 Å². The molecule has 6 heteroatoms. The van der Waals surface area contributed by atoms with E-state index >= 15 is 0 Å². The fourth-order valence-corrected chi connectivity index (χ4v) is 10.8. The standard InChI is InChI=1S/C31H27FNS.C17H22NSi.Ir/c1-31(2,21-8-3-4-9-21)22-16-17-33-28(19-22)26-12-7-11-25-24-15-14-20(18-29(24)34-30(25)26)23-10-5-6-13-27(23)32;1-13(2)15-11-16(14-9-7-6-8-10-14)18-12-17(15)19(3,4)5;/h5-7,10-11,13-19,21H,3-4,8-9H2,1-2H3;6-9,11-13H,1-5H3;/q2*-1;. The first-order valence-corrected chi connectivity index (χ1v) is 23.3. The third-order valence-electron chi connectivity index (χ3n) is 11.1. The van der Waals surface area contributed by atoms with Crippen molar-refractivity contribution >= 4 is 44.8 Å². The van der Waals surface area contributed by atoms with Crippen molar-refractivity contribution in [2.45, 2.75) is 84.4 Å². The Balaban J connectivity index is 0.000000213. The van der Waals surface area contributed by atoms with Crippen LogP contribution in [0.5, 0.6) is 0 Å². The predicted octanol–water partition coefficient (Wildman–Crippen LogP) is 13.4. The summed E-state index contributed by atoms with van der Waals surface area (Å²) < 4.78 is 16.7. The van der Waals surface area contributed by atoms with Crippen molar-refractivity contribution in [2.75, 3.05) is 0 Å². The molecule has 1 saturated carbocycles. The number of fused-ring (bicyclic) bond motifs is 3. The van der Waals surface area contributed by atoms with Crippen molar-refractivity contribution in [3.63, 3.8) is 0 Å². The molecule has 1 radical (unpaired) electrons. The zero-order valence-electron chi connectivity index (χ0n) is 32.4. The van der Waals surface area contributed by atoms with Crippen LogP contribution in [-0.2, 0) is 25.5 Å². The monoisotopic (exact) mass is 925 g/mol. The number of rotatable bonds is 7. The Morgan fingerprint density at radius 1 is 0.815 bits per heavy atom. The predicted molar refractivity (Wildman–Crippen MR) is 227 cm³/mol. The van der Waals surface area contributed by atoms with Crippen LogP contribution in [0, 0.1) is 23.9 Å². The van der Waals surface area contributed by atoms with Gasteiger partial charge in [0.15, 0.2) is 0 Å². The Bertz CT molecular complexity index is 2370. The number of pyridine rings is 2. The molecule has 0 amide bonds. The normalized spacial score (nSPS) is 13.6. The molecule has 279 valence electrons. The number of benzene rings is 4. The molecule has 0 aliphatic heterocycles. The molecular weight excluding hydrogens is 876 g/mol. The number of nitrogens with zero attached hydrogens (tertiary/aromatic N) is 2. The van der Waals surface area contributed by atoms with Gasteiger partial charge in [-0.15, -0.1) is 59.7 Å². The number of thiophene rings is 1. The summed E-state index contributed by atoms with van der Waals surface area (Å²) in [7, 11) is -1.34. The Morgan fingerprint density at radius 3 is 2.28 bits per heavy atom. The van der Waals surface area contributed by atoms with Gasteiger partial charge in [0, 0.05) is 42.8 Å². The quantitative estimate of drug-likeness (QED) is 0.118. The van der Waals surface area contributed by atoms with Crippen LogP contribution >= 0.6 is 11.3 Å². The summed E-state index contributed by atoms with van der Waals surface area (Å²) in [5.74, 6) is 1.07. The summed E-state index contributed by atoms with van der Waals surface area (Å²) in [6.45, 7) is 16.4. The van der Waals surface area contributed by atoms with Gasteiger partial charge in [-0.3, -0.25) is 0 Å². The van der Waals surface area contributed by atoms with E-state index in [9.17, 15) is 4.39 Å². The Kier molecular flexibility index (Phi) is 12.2. The molecule has 0 bridgehead atoms. The molecule has 1 aliphatic carbocycles. The van der Waals surface area contributed by atoms with E-state index in [-0.39, 0.29) is 31.3 Å².